The maximum atomic E-state index is 11.1. The third kappa shape index (κ3) is 4.03. The molecule has 0 spiro atoms. The number of benzene rings is 1. The zero-order valence-electron chi connectivity index (χ0n) is 9.11. The van der Waals surface area contributed by atoms with E-state index in [1.165, 1.54) is 6.07 Å². The van der Waals surface area contributed by atoms with Crippen molar-refractivity contribution in [1.82, 2.24) is 0 Å². The minimum atomic E-state index is -4.38. The van der Waals surface area contributed by atoms with Gasteiger partial charge in [0, 0.05) is 6.07 Å². The van der Waals surface area contributed by atoms with Crippen LogP contribution >= 0.6 is 23.2 Å². The molecule has 0 unspecified atom stereocenters. The zero-order chi connectivity index (χ0) is 13.1. The maximum Gasteiger partial charge on any atom is 0.298 e. The molecule has 17 heavy (non-hydrogen) atoms. The van der Waals surface area contributed by atoms with Crippen LogP contribution in [0.4, 0.5) is 0 Å². The van der Waals surface area contributed by atoms with Gasteiger partial charge in [-0.3, -0.25) is 4.55 Å². The molecule has 96 valence electrons. The Bertz CT molecular complexity index is 499. The van der Waals surface area contributed by atoms with Gasteiger partial charge in [0.1, 0.15) is 10.6 Å². The molecular weight excluding hydrogens is 287 g/mol. The van der Waals surface area contributed by atoms with Gasteiger partial charge < -0.3 is 4.74 Å². The van der Waals surface area contributed by atoms with Crippen LogP contribution in [-0.2, 0) is 10.1 Å². The highest BCUT2D eigenvalue weighted by Crippen LogP contribution is 2.33. The average Bonchev–Trinajstić information content (AvgIpc) is 2.21. The van der Waals surface area contributed by atoms with Crippen LogP contribution < -0.4 is 4.74 Å². The number of hydrogen-bond acceptors (Lipinski definition) is 3. The first-order valence-electron chi connectivity index (χ1n) is 4.95. The molecular formula is C10H12Cl2O4S. The molecule has 0 atom stereocenters. The number of ether oxygens (including phenoxy) is 1. The van der Waals surface area contributed by atoms with Gasteiger partial charge in [-0.1, -0.05) is 36.5 Å². The van der Waals surface area contributed by atoms with Crippen molar-refractivity contribution in [2.24, 2.45) is 0 Å². The van der Waals surface area contributed by atoms with E-state index in [1.54, 1.807) is 0 Å². The van der Waals surface area contributed by atoms with Crippen molar-refractivity contribution in [2.75, 3.05) is 6.61 Å². The molecule has 0 aliphatic heterocycles. The molecule has 0 saturated carbocycles. The van der Waals surface area contributed by atoms with Crippen LogP contribution in [0.3, 0.4) is 0 Å². The van der Waals surface area contributed by atoms with E-state index in [0.29, 0.717) is 6.61 Å². The second kappa shape index (κ2) is 5.91. The lowest BCUT2D eigenvalue weighted by Gasteiger charge is -2.10. The summed E-state index contributed by atoms with van der Waals surface area (Å²) < 4.78 is 36.5. The molecule has 1 N–H and O–H groups in total. The summed E-state index contributed by atoms with van der Waals surface area (Å²) in [5.74, 6) is 0.00958. The quantitative estimate of drug-likeness (QED) is 0.668. The average molecular weight is 299 g/mol. The first kappa shape index (κ1) is 14.6. The highest BCUT2D eigenvalue weighted by atomic mass is 35.5. The molecule has 7 heteroatoms. The van der Waals surface area contributed by atoms with Crippen molar-refractivity contribution in [3.63, 3.8) is 0 Å². The summed E-state index contributed by atoms with van der Waals surface area (Å²) in [6.45, 7) is 2.32. The summed E-state index contributed by atoms with van der Waals surface area (Å²) in [5, 5.41) is 0.215. The van der Waals surface area contributed by atoms with E-state index >= 15 is 0 Å². The molecule has 0 amide bonds. The first-order chi connectivity index (χ1) is 7.86. The van der Waals surface area contributed by atoms with Crippen LogP contribution in [0, 0.1) is 0 Å². The predicted molar refractivity (Wildman–Crippen MR) is 66.7 cm³/mol. The lowest BCUT2D eigenvalue weighted by atomic mass is 10.3. The van der Waals surface area contributed by atoms with Gasteiger partial charge >= 0.3 is 0 Å². The monoisotopic (exact) mass is 298 g/mol. The number of hydrogen-bond donors (Lipinski definition) is 1. The van der Waals surface area contributed by atoms with Crippen molar-refractivity contribution < 1.29 is 17.7 Å². The Morgan fingerprint density at radius 1 is 1.29 bits per heavy atom. The zero-order valence-corrected chi connectivity index (χ0v) is 11.4. The molecule has 0 aliphatic carbocycles. The molecule has 0 saturated heterocycles. The Morgan fingerprint density at radius 3 is 2.41 bits per heavy atom. The molecule has 0 radical (unpaired) electrons. The summed E-state index contributed by atoms with van der Waals surface area (Å²) >= 11 is 11.5. The van der Waals surface area contributed by atoms with Crippen molar-refractivity contribution >= 4 is 33.3 Å². The fraction of sp³-hybridized carbons (Fsp3) is 0.400. The van der Waals surface area contributed by atoms with Crippen LogP contribution in [0.2, 0.25) is 10.0 Å². The van der Waals surface area contributed by atoms with Crippen LogP contribution in [0.5, 0.6) is 5.75 Å². The molecule has 0 aromatic heterocycles. The van der Waals surface area contributed by atoms with E-state index in [2.05, 4.69) is 0 Å². The van der Waals surface area contributed by atoms with Crippen molar-refractivity contribution in [3.05, 3.63) is 22.2 Å². The molecule has 1 aromatic carbocycles. The Balaban J connectivity index is 3.13. The highest BCUT2D eigenvalue weighted by Gasteiger charge is 2.19. The van der Waals surface area contributed by atoms with Gasteiger partial charge in [0.25, 0.3) is 10.1 Å². The van der Waals surface area contributed by atoms with Crippen LogP contribution in [0.25, 0.3) is 0 Å². The van der Waals surface area contributed by atoms with Gasteiger partial charge in [-0.05, 0) is 12.5 Å². The lowest BCUT2D eigenvalue weighted by Crippen LogP contribution is -2.05. The van der Waals surface area contributed by atoms with Crippen LogP contribution in [-0.4, -0.2) is 19.6 Å². The maximum absolute atomic E-state index is 11.1. The van der Waals surface area contributed by atoms with Crippen LogP contribution in [0.15, 0.2) is 17.0 Å². The summed E-state index contributed by atoms with van der Waals surface area (Å²) in [4.78, 5) is -0.372. The van der Waals surface area contributed by atoms with Gasteiger partial charge in [-0.15, -0.1) is 0 Å². The Morgan fingerprint density at radius 2 is 1.88 bits per heavy atom. The first-order valence-corrected chi connectivity index (χ1v) is 7.15. The third-order valence-electron chi connectivity index (χ3n) is 2.02. The topological polar surface area (TPSA) is 63.6 Å². The van der Waals surface area contributed by atoms with Gasteiger partial charge in [-0.25, -0.2) is 0 Å². The second-order valence-corrected chi connectivity index (χ2v) is 5.59. The van der Waals surface area contributed by atoms with Crippen molar-refractivity contribution in [1.29, 1.82) is 0 Å². The number of unbranched alkanes of at least 4 members (excludes halogenated alkanes) is 1. The summed E-state index contributed by atoms with van der Waals surface area (Å²) in [6, 6.07) is 2.35. The Kier molecular flexibility index (Phi) is 5.06. The van der Waals surface area contributed by atoms with Gasteiger partial charge in [0.2, 0.25) is 0 Å². The Hall–Kier alpha value is -0.490. The van der Waals surface area contributed by atoms with E-state index in [9.17, 15) is 8.42 Å². The fourth-order valence-electron chi connectivity index (χ4n) is 1.15. The smallest absolute Gasteiger partial charge is 0.298 e. The highest BCUT2D eigenvalue weighted by molar-refractivity contribution is 7.86. The number of rotatable bonds is 5. The lowest BCUT2D eigenvalue weighted by molar-refractivity contribution is 0.300. The molecule has 0 bridgehead atoms. The molecule has 4 nitrogen and oxygen atoms in total. The summed E-state index contributed by atoms with van der Waals surface area (Å²) in [6.07, 6.45) is 1.67. The third-order valence-corrected chi connectivity index (χ3v) is 3.62. The summed E-state index contributed by atoms with van der Waals surface area (Å²) in [7, 11) is -4.38. The molecule has 0 aliphatic rings. The number of halogens is 2. The molecule has 1 aromatic rings. The van der Waals surface area contributed by atoms with Gasteiger partial charge in [-0.2, -0.15) is 8.42 Å². The van der Waals surface area contributed by atoms with E-state index in [0.717, 1.165) is 18.9 Å². The normalized spacial score (nSPS) is 11.5. The van der Waals surface area contributed by atoms with Crippen LogP contribution in [0.1, 0.15) is 19.8 Å². The SMILES string of the molecule is CCCCOc1cc(Cl)c(Cl)cc1S(=O)(=O)O. The summed E-state index contributed by atoms with van der Waals surface area (Å²) in [5.41, 5.74) is 0. The van der Waals surface area contributed by atoms with Crippen molar-refractivity contribution in [2.45, 2.75) is 24.7 Å². The Labute approximate surface area is 110 Å². The fourth-order valence-corrected chi connectivity index (χ4v) is 2.17. The minimum absolute atomic E-state index is 0.00958. The second-order valence-electron chi connectivity index (χ2n) is 3.39. The van der Waals surface area contributed by atoms with E-state index in [4.69, 9.17) is 32.5 Å². The van der Waals surface area contributed by atoms with E-state index in [-0.39, 0.29) is 20.7 Å². The minimum Gasteiger partial charge on any atom is -0.492 e. The van der Waals surface area contributed by atoms with E-state index < -0.39 is 10.1 Å². The predicted octanol–water partition coefficient (Wildman–Crippen LogP) is 3.42. The van der Waals surface area contributed by atoms with Gasteiger partial charge in [0.05, 0.1) is 16.7 Å². The molecule has 1 rings (SSSR count). The molecule has 0 fully saturated rings. The van der Waals surface area contributed by atoms with E-state index in [1.807, 2.05) is 6.92 Å². The van der Waals surface area contributed by atoms with Gasteiger partial charge in [0.15, 0.2) is 0 Å². The molecule has 0 heterocycles. The largest absolute Gasteiger partial charge is 0.492 e. The standard InChI is InChI=1S/C10H12Cl2O4S/c1-2-3-4-16-9-5-7(11)8(12)6-10(9)17(13,14)15/h5-6H,2-4H2,1H3,(H,13,14,15). The van der Waals surface area contributed by atoms with Crippen molar-refractivity contribution in [3.8, 4) is 5.75 Å².